The van der Waals surface area contributed by atoms with Crippen LogP contribution in [0, 0.1) is 16.0 Å². The summed E-state index contributed by atoms with van der Waals surface area (Å²) in [4.78, 5) is 10.7. The van der Waals surface area contributed by atoms with Gasteiger partial charge in [-0.1, -0.05) is 42.5 Å². The van der Waals surface area contributed by atoms with Gasteiger partial charge in [-0.3, -0.25) is 10.1 Å². The first kappa shape index (κ1) is 14.3. The summed E-state index contributed by atoms with van der Waals surface area (Å²) < 4.78 is 0. The van der Waals surface area contributed by atoms with Gasteiger partial charge in [0.1, 0.15) is 0 Å². The number of nitrogens with one attached hydrogen (secondary N) is 1. The maximum Gasteiger partial charge on any atom is 0.269 e. The predicted octanol–water partition coefficient (Wildman–Crippen LogP) is 4.50. The third-order valence-electron chi connectivity index (χ3n) is 4.24. The Morgan fingerprint density at radius 2 is 2.05 bits per heavy atom. The Bertz CT molecular complexity index is 739. The largest absolute Gasteiger partial charge is 0.377 e. The molecule has 2 aromatic rings. The molecule has 0 spiro atoms. The quantitative estimate of drug-likeness (QED) is 0.515. The Balaban J connectivity index is 2.02. The molecule has 0 saturated carbocycles. The lowest BCUT2D eigenvalue weighted by molar-refractivity contribution is -0.384. The third kappa shape index (κ3) is 2.60. The van der Waals surface area contributed by atoms with Crippen molar-refractivity contribution >= 4 is 11.4 Å². The molecule has 2 aromatic carbocycles. The third-order valence-corrected chi connectivity index (χ3v) is 4.24. The second kappa shape index (κ2) is 5.64. The Labute approximate surface area is 129 Å². The lowest BCUT2D eigenvalue weighted by atomic mass is 9.80. The summed E-state index contributed by atoms with van der Waals surface area (Å²) >= 11 is 0. The maximum absolute atomic E-state index is 11.0. The van der Waals surface area contributed by atoms with Crippen LogP contribution in [0.1, 0.15) is 24.1 Å². The fraction of sp³-hybridized carbons (Fsp3) is 0.222. The second-order valence-electron chi connectivity index (χ2n) is 5.79. The van der Waals surface area contributed by atoms with Gasteiger partial charge in [0, 0.05) is 23.7 Å². The molecule has 0 saturated heterocycles. The molecule has 0 fully saturated rings. The molecule has 3 rings (SSSR count). The van der Waals surface area contributed by atoms with Crippen LogP contribution in [-0.4, -0.2) is 4.92 Å². The first-order chi connectivity index (χ1) is 10.6. The summed E-state index contributed by atoms with van der Waals surface area (Å²) in [5, 5.41) is 14.5. The highest BCUT2D eigenvalue weighted by atomic mass is 16.6. The molecular formula is C18H18N2O2. The topological polar surface area (TPSA) is 55.2 Å². The van der Waals surface area contributed by atoms with Crippen LogP contribution in [0.4, 0.5) is 11.4 Å². The maximum atomic E-state index is 11.0. The van der Waals surface area contributed by atoms with E-state index < -0.39 is 0 Å². The molecule has 1 aliphatic heterocycles. The van der Waals surface area contributed by atoms with E-state index in [-0.39, 0.29) is 22.6 Å². The molecule has 0 unspecified atom stereocenters. The molecule has 1 N–H and O–H groups in total. The molecule has 112 valence electrons. The van der Waals surface area contributed by atoms with Crippen molar-refractivity contribution in [1.82, 2.24) is 0 Å². The van der Waals surface area contributed by atoms with Crippen molar-refractivity contribution in [3.63, 3.8) is 0 Å². The molecule has 4 heteroatoms. The van der Waals surface area contributed by atoms with Gasteiger partial charge in [0.15, 0.2) is 0 Å². The van der Waals surface area contributed by atoms with Crippen molar-refractivity contribution in [3.8, 4) is 0 Å². The van der Waals surface area contributed by atoms with E-state index >= 15 is 0 Å². The lowest BCUT2D eigenvalue weighted by Gasteiger charge is -2.35. The molecule has 0 amide bonds. The fourth-order valence-electron chi connectivity index (χ4n) is 3.07. The zero-order valence-corrected chi connectivity index (χ0v) is 12.5. The van der Waals surface area contributed by atoms with Crippen LogP contribution >= 0.6 is 0 Å². The molecule has 0 radical (unpaired) electrons. The number of nitro benzene ring substituents is 1. The number of non-ortho nitro benzene ring substituents is 1. The van der Waals surface area contributed by atoms with Crippen LogP contribution < -0.4 is 5.32 Å². The molecule has 1 heterocycles. The van der Waals surface area contributed by atoms with E-state index in [1.54, 1.807) is 12.1 Å². The van der Waals surface area contributed by atoms with Gasteiger partial charge in [0.05, 0.1) is 11.0 Å². The van der Waals surface area contributed by atoms with Gasteiger partial charge in [-0.25, -0.2) is 0 Å². The van der Waals surface area contributed by atoms with Crippen molar-refractivity contribution in [3.05, 3.63) is 81.9 Å². The lowest BCUT2D eigenvalue weighted by Crippen LogP contribution is -2.28. The number of benzene rings is 2. The number of rotatable bonds is 3. The molecule has 2 atom stereocenters. The Morgan fingerprint density at radius 3 is 2.77 bits per heavy atom. The van der Waals surface area contributed by atoms with E-state index in [9.17, 15) is 10.1 Å². The van der Waals surface area contributed by atoms with Crippen LogP contribution in [0.3, 0.4) is 0 Å². The SMILES string of the molecule is C=C(C)[C@H]1Cc2ccccc2N[C@H]1c1cccc([N+](=O)[O-])c1. The van der Waals surface area contributed by atoms with Gasteiger partial charge in [-0.05, 0) is 30.5 Å². The average molecular weight is 294 g/mol. The molecule has 22 heavy (non-hydrogen) atoms. The van der Waals surface area contributed by atoms with Gasteiger partial charge in [-0.15, -0.1) is 0 Å². The summed E-state index contributed by atoms with van der Waals surface area (Å²) in [5.74, 6) is 0.219. The normalized spacial score (nSPS) is 19.9. The van der Waals surface area contributed by atoms with Gasteiger partial charge >= 0.3 is 0 Å². The zero-order chi connectivity index (χ0) is 15.7. The van der Waals surface area contributed by atoms with Crippen LogP contribution in [0.25, 0.3) is 0 Å². The Morgan fingerprint density at radius 1 is 1.27 bits per heavy atom. The Kier molecular flexibility index (Phi) is 3.67. The van der Waals surface area contributed by atoms with Crippen LogP contribution in [-0.2, 0) is 6.42 Å². The van der Waals surface area contributed by atoms with Crippen molar-refractivity contribution in [2.45, 2.75) is 19.4 Å². The number of para-hydroxylation sites is 1. The molecule has 1 aliphatic rings. The molecule has 0 aromatic heterocycles. The molecular weight excluding hydrogens is 276 g/mol. The standard InChI is InChI=1S/C18H18N2O2/c1-12(2)16-11-13-6-3-4-9-17(13)19-18(16)14-7-5-8-15(10-14)20(21)22/h3-10,16,18-19H,1,11H2,2H3/t16-,18+/m1/s1. The van der Waals surface area contributed by atoms with E-state index in [4.69, 9.17) is 0 Å². The first-order valence-corrected chi connectivity index (χ1v) is 7.30. The number of hydrogen-bond acceptors (Lipinski definition) is 3. The van der Waals surface area contributed by atoms with Crippen LogP contribution in [0.2, 0.25) is 0 Å². The van der Waals surface area contributed by atoms with Crippen molar-refractivity contribution in [1.29, 1.82) is 0 Å². The summed E-state index contributed by atoms with van der Waals surface area (Å²) in [7, 11) is 0. The summed E-state index contributed by atoms with van der Waals surface area (Å²) in [6.45, 7) is 6.13. The molecule has 4 nitrogen and oxygen atoms in total. The van der Waals surface area contributed by atoms with Gasteiger partial charge in [-0.2, -0.15) is 0 Å². The number of nitrogens with zero attached hydrogens (tertiary/aromatic N) is 1. The highest BCUT2D eigenvalue weighted by Gasteiger charge is 2.30. The highest BCUT2D eigenvalue weighted by molar-refractivity contribution is 5.56. The van der Waals surface area contributed by atoms with E-state index in [1.165, 1.54) is 11.6 Å². The van der Waals surface area contributed by atoms with Crippen molar-refractivity contribution in [2.24, 2.45) is 5.92 Å². The summed E-state index contributed by atoms with van der Waals surface area (Å²) in [6, 6.07) is 15.1. The van der Waals surface area contributed by atoms with Crippen LogP contribution in [0.5, 0.6) is 0 Å². The minimum Gasteiger partial charge on any atom is -0.377 e. The molecule has 0 bridgehead atoms. The van der Waals surface area contributed by atoms with E-state index in [2.05, 4.69) is 18.0 Å². The average Bonchev–Trinajstić information content (AvgIpc) is 2.53. The number of nitro groups is 1. The smallest absolute Gasteiger partial charge is 0.269 e. The second-order valence-corrected chi connectivity index (χ2v) is 5.79. The minimum atomic E-state index is -0.351. The number of hydrogen-bond donors (Lipinski definition) is 1. The van der Waals surface area contributed by atoms with Crippen molar-refractivity contribution in [2.75, 3.05) is 5.32 Å². The summed E-state index contributed by atoms with van der Waals surface area (Å²) in [6.07, 6.45) is 0.895. The number of anilines is 1. The zero-order valence-electron chi connectivity index (χ0n) is 12.5. The van der Waals surface area contributed by atoms with Crippen molar-refractivity contribution < 1.29 is 4.92 Å². The van der Waals surface area contributed by atoms with E-state index in [1.807, 2.05) is 31.2 Å². The Hall–Kier alpha value is -2.62. The minimum absolute atomic E-state index is 0.00676. The van der Waals surface area contributed by atoms with Crippen LogP contribution in [0.15, 0.2) is 60.7 Å². The summed E-state index contributed by atoms with van der Waals surface area (Å²) in [5.41, 5.74) is 4.49. The monoisotopic (exact) mass is 294 g/mol. The van der Waals surface area contributed by atoms with Gasteiger partial charge < -0.3 is 5.32 Å². The van der Waals surface area contributed by atoms with E-state index in [0.717, 1.165) is 23.2 Å². The highest BCUT2D eigenvalue weighted by Crippen LogP contribution is 2.40. The predicted molar refractivity (Wildman–Crippen MR) is 87.9 cm³/mol. The van der Waals surface area contributed by atoms with Gasteiger partial charge in [0.2, 0.25) is 0 Å². The fourth-order valence-corrected chi connectivity index (χ4v) is 3.07. The number of fused-ring (bicyclic) bond motifs is 1. The van der Waals surface area contributed by atoms with E-state index in [0.29, 0.717) is 0 Å². The molecule has 0 aliphatic carbocycles. The first-order valence-electron chi connectivity index (χ1n) is 7.30. The van der Waals surface area contributed by atoms with Gasteiger partial charge in [0.25, 0.3) is 5.69 Å².